The molecule has 0 aromatic heterocycles. The van der Waals surface area contributed by atoms with Gasteiger partial charge in [0.05, 0.1) is 26.2 Å². The number of amides is 2. The van der Waals surface area contributed by atoms with Crippen molar-refractivity contribution in [2.75, 3.05) is 40.0 Å². The molecule has 1 N–H and O–H groups in total. The maximum absolute atomic E-state index is 12.4. The van der Waals surface area contributed by atoms with Gasteiger partial charge in [0.15, 0.2) is 6.04 Å². The van der Waals surface area contributed by atoms with Crippen LogP contribution in [0, 0.1) is 11.8 Å². The van der Waals surface area contributed by atoms with Crippen LogP contribution in [-0.4, -0.2) is 78.9 Å². The topological polar surface area (TPSA) is 96.4 Å². The van der Waals surface area contributed by atoms with Crippen molar-refractivity contribution in [1.82, 2.24) is 9.80 Å². The van der Waals surface area contributed by atoms with Gasteiger partial charge in [-0.15, -0.1) is 0 Å². The Hall–Kier alpha value is -1.83. The van der Waals surface area contributed by atoms with Crippen molar-refractivity contribution in [1.29, 1.82) is 0 Å². The van der Waals surface area contributed by atoms with E-state index in [1.54, 1.807) is 11.8 Å². The number of hydrogen-bond donors (Lipinski definition) is 1. The number of nitrogens with zero attached hydrogens (tertiary/aromatic N) is 2. The fourth-order valence-corrected chi connectivity index (χ4v) is 2.53. The number of aliphatic carboxylic acids is 1. The first-order chi connectivity index (χ1) is 9.95. The SMILES string of the molecule is COC(=O)C1COCCN1C(=O)N1CC(C(C)C(=O)O)C1. The van der Waals surface area contributed by atoms with E-state index in [1.165, 1.54) is 12.0 Å². The van der Waals surface area contributed by atoms with E-state index >= 15 is 0 Å². The molecular formula is C13H20N2O6. The minimum Gasteiger partial charge on any atom is -0.481 e. The molecule has 2 saturated heterocycles. The van der Waals surface area contributed by atoms with E-state index in [0.29, 0.717) is 26.2 Å². The highest BCUT2D eigenvalue weighted by Gasteiger charge is 2.42. The second-order valence-electron chi connectivity index (χ2n) is 5.38. The summed E-state index contributed by atoms with van der Waals surface area (Å²) in [6.07, 6.45) is 0. The zero-order valence-electron chi connectivity index (χ0n) is 12.2. The first kappa shape index (κ1) is 15.6. The van der Waals surface area contributed by atoms with Gasteiger partial charge in [0, 0.05) is 25.6 Å². The van der Waals surface area contributed by atoms with Crippen molar-refractivity contribution in [2.24, 2.45) is 11.8 Å². The third-order valence-electron chi connectivity index (χ3n) is 4.12. The maximum atomic E-state index is 12.4. The molecule has 0 aromatic carbocycles. The van der Waals surface area contributed by atoms with Crippen LogP contribution in [0.15, 0.2) is 0 Å². The summed E-state index contributed by atoms with van der Waals surface area (Å²) in [5, 5.41) is 8.95. The van der Waals surface area contributed by atoms with Crippen molar-refractivity contribution >= 4 is 18.0 Å². The van der Waals surface area contributed by atoms with Gasteiger partial charge in [-0.25, -0.2) is 9.59 Å². The molecule has 2 atom stereocenters. The number of ether oxygens (including phenoxy) is 2. The van der Waals surface area contributed by atoms with Crippen molar-refractivity contribution in [3.63, 3.8) is 0 Å². The lowest BCUT2D eigenvalue weighted by Gasteiger charge is -2.45. The summed E-state index contributed by atoms with van der Waals surface area (Å²) in [5.41, 5.74) is 0. The third-order valence-corrected chi connectivity index (χ3v) is 4.12. The summed E-state index contributed by atoms with van der Waals surface area (Å²) in [5.74, 6) is -1.87. The molecular weight excluding hydrogens is 280 g/mol. The van der Waals surface area contributed by atoms with Crippen LogP contribution < -0.4 is 0 Å². The summed E-state index contributed by atoms with van der Waals surface area (Å²) in [6, 6.07) is -0.991. The smallest absolute Gasteiger partial charge is 0.331 e. The molecule has 0 spiro atoms. The number of likely N-dealkylation sites (tertiary alicyclic amines) is 1. The van der Waals surface area contributed by atoms with Crippen molar-refractivity contribution in [3.8, 4) is 0 Å². The average Bonchev–Trinajstić information content (AvgIpc) is 2.44. The molecule has 2 amide bonds. The van der Waals surface area contributed by atoms with Crippen LogP contribution in [0.3, 0.4) is 0 Å². The number of methoxy groups -OCH3 is 1. The molecule has 2 unspecified atom stereocenters. The van der Waals surface area contributed by atoms with E-state index in [0.717, 1.165) is 0 Å². The Morgan fingerprint density at radius 1 is 1.33 bits per heavy atom. The van der Waals surface area contributed by atoms with Crippen molar-refractivity contribution in [3.05, 3.63) is 0 Å². The molecule has 8 nitrogen and oxygen atoms in total. The summed E-state index contributed by atoms with van der Waals surface area (Å²) in [4.78, 5) is 38.0. The highest BCUT2D eigenvalue weighted by Crippen LogP contribution is 2.26. The number of morpholine rings is 1. The standard InChI is InChI=1S/C13H20N2O6/c1-8(11(16)17)9-5-14(6-9)13(19)15-3-4-21-7-10(15)12(18)20-2/h8-10H,3-7H2,1-2H3,(H,16,17). The van der Waals surface area contributed by atoms with Crippen LogP contribution in [0.4, 0.5) is 4.79 Å². The Kier molecular flexibility index (Phi) is 4.66. The van der Waals surface area contributed by atoms with E-state index in [-0.39, 0.29) is 18.6 Å². The molecule has 0 bridgehead atoms. The summed E-state index contributed by atoms with van der Waals surface area (Å²) < 4.78 is 9.90. The molecule has 0 saturated carbocycles. The monoisotopic (exact) mass is 300 g/mol. The largest absolute Gasteiger partial charge is 0.481 e. The van der Waals surface area contributed by atoms with Gasteiger partial charge in [0.25, 0.3) is 0 Å². The van der Waals surface area contributed by atoms with Gasteiger partial charge in [0.2, 0.25) is 0 Å². The second kappa shape index (κ2) is 6.30. The van der Waals surface area contributed by atoms with Crippen LogP contribution in [0.1, 0.15) is 6.92 Å². The number of carboxylic acids is 1. The molecule has 2 rings (SSSR count). The van der Waals surface area contributed by atoms with Crippen LogP contribution in [0.2, 0.25) is 0 Å². The molecule has 8 heteroatoms. The quantitative estimate of drug-likeness (QED) is 0.715. The number of esters is 1. The lowest BCUT2D eigenvalue weighted by Crippen LogP contribution is -2.62. The Bertz CT molecular complexity index is 434. The number of carboxylic acid groups (broad SMARTS) is 1. The lowest BCUT2D eigenvalue weighted by molar-refractivity contribution is -0.151. The van der Waals surface area contributed by atoms with E-state index in [9.17, 15) is 14.4 Å². The molecule has 0 aliphatic carbocycles. The van der Waals surface area contributed by atoms with Crippen molar-refractivity contribution < 1.29 is 29.0 Å². The number of carbonyl (C=O) groups is 3. The normalized spacial score (nSPS) is 24.2. The Labute approximate surface area is 122 Å². The highest BCUT2D eigenvalue weighted by molar-refractivity contribution is 5.84. The lowest BCUT2D eigenvalue weighted by atomic mass is 9.87. The molecule has 2 fully saturated rings. The van der Waals surface area contributed by atoms with Crippen LogP contribution in [0.5, 0.6) is 0 Å². The average molecular weight is 300 g/mol. The van der Waals surface area contributed by atoms with Crippen LogP contribution >= 0.6 is 0 Å². The van der Waals surface area contributed by atoms with Gasteiger partial charge in [-0.05, 0) is 0 Å². The Morgan fingerprint density at radius 2 is 2.00 bits per heavy atom. The summed E-state index contributed by atoms with van der Waals surface area (Å²) in [7, 11) is 1.27. The zero-order chi connectivity index (χ0) is 15.6. The van der Waals surface area contributed by atoms with Gasteiger partial charge in [-0.3, -0.25) is 4.79 Å². The number of carbonyl (C=O) groups excluding carboxylic acids is 2. The Balaban J connectivity index is 1.94. The minimum atomic E-state index is -0.856. The molecule has 2 aliphatic heterocycles. The number of hydrogen-bond acceptors (Lipinski definition) is 5. The van der Waals surface area contributed by atoms with Crippen molar-refractivity contribution in [2.45, 2.75) is 13.0 Å². The maximum Gasteiger partial charge on any atom is 0.331 e. The summed E-state index contributed by atoms with van der Waals surface area (Å²) >= 11 is 0. The fraction of sp³-hybridized carbons (Fsp3) is 0.769. The molecule has 0 aromatic rings. The third kappa shape index (κ3) is 3.10. The van der Waals surface area contributed by atoms with Gasteiger partial charge in [-0.2, -0.15) is 0 Å². The molecule has 2 aliphatic rings. The van der Waals surface area contributed by atoms with E-state index < -0.39 is 23.9 Å². The summed E-state index contributed by atoms with van der Waals surface area (Å²) in [6.45, 7) is 3.27. The molecule has 21 heavy (non-hydrogen) atoms. The van der Waals surface area contributed by atoms with E-state index in [1.807, 2.05) is 0 Å². The fourth-order valence-electron chi connectivity index (χ4n) is 2.53. The van der Waals surface area contributed by atoms with Gasteiger partial charge >= 0.3 is 18.0 Å². The zero-order valence-corrected chi connectivity index (χ0v) is 12.2. The molecule has 118 valence electrons. The minimum absolute atomic E-state index is 0.0379. The first-order valence-corrected chi connectivity index (χ1v) is 6.89. The second-order valence-corrected chi connectivity index (χ2v) is 5.38. The van der Waals surface area contributed by atoms with Gasteiger partial charge < -0.3 is 24.4 Å². The van der Waals surface area contributed by atoms with Crippen LogP contribution in [-0.2, 0) is 19.1 Å². The van der Waals surface area contributed by atoms with E-state index in [2.05, 4.69) is 4.74 Å². The highest BCUT2D eigenvalue weighted by atomic mass is 16.5. The van der Waals surface area contributed by atoms with Gasteiger partial charge in [-0.1, -0.05) is 6.92 Å². The predicted molar refractivity (Wildman–Crippen MR) is 70.6 cm³/mol. The molecule has 2 heterocycles. The Morgan fingerprint density at radius 3 is 2.57 bits per heavy atom. The number of rotatable bonds is 3. The van der Waals surface area contributed by atoms with Crippen LogP contribution in [0.25, 0.3) is 0 Å². The predicted octanol–water partition coefficient (Wildman–Crippen LogP) is -0.367. The molecule has 0 radical (unpaired) electrons. The van der Waals surface area contributed by atoms with E-state index in [4.69, 9.17) is 9.84 Å². The number of urea groups is 1. The van der Waals surface area contributed by atoms with Gasteiger partial charge in [0.1, 0.15) is 0 Å². The first-order valence-electron chi connectivity index (χ1n) is 6.89.